The lowest BCUT2D eigenvalue weighted by Crippen LogP contribution is -2.30. The number of carbonyl (C=O) groups excluding carboxylic acids is 1. The third-order valence-electron chi connectivity index (χ3n) is 3.99. The van der Waals surface area contributed by atoms with E-state index in [2.05, 4.69) is 5.32 Å². The maximum absolute atomic E-state index is 13.2. The first-order valence-corrected chi connectivity index (χ1v) is 8.63. The number of anilines is 1. The number of rotatable bonds is 6. The van der Waals surface area contributed by atoms with Gasteiger partial charge in [0.05, 0.1) is 0 Å². The fourth-order valence-corrected chi connectivity index (χ4v) is 2.61. The minimum Gasteiger partial charge on any atom is -0.489 e. The Morgan fingerprint density at radius 1 is 0.963 bits per heavy atom. The summed E-state index contributed by atoms with van der Waals surface area (Å²) in [5, 5.41) is 2.86. The molecule has 27 heavy (non-hydrogen) atoms. The average Bonchev–Trinajstić information content (AvgIpc) is 2.67. The SMILES string of the molecule is CN(Cc1ccccc1)C(=O)Nc1cccc(OCc2cccc(F)c2)c1. The van der Waals surface area contributed by atoms with Crippen LogP contribution in [0, 0.1) is 5.82 Å². The fraction of sp³-hybridized carbons (Fsp3) is 0.136. The van der Waals surface area contributed by atoms with Gasteiger partial charge in [-0.15, -0.1) is 0 Å². The quantitative estimate of drug-likeness (QED) is 0.664. The molecule has 0 aliphatic carbocycles. The van der Waals surface area contributed by atoms with E-state index in [0.29, 0.717) is 18.0 Å². The molecule has 0 atom stereocenters. The number of hydrogen-bond donors (Lipinski definition) is 1. The van der Waals surface area contributed by atoms with Crippen LogP contribution in [0.4, 0.5) is 14.9 Å². The summed E-state index contributed by atoms with van der Waals surface area (Å²) in [5.41, 5.74) is 2.44. The Hall–Kier alpha value is -3.34. The molecule has 0 radical (unpaired) electrons. The van der Waals surface area contributed by atoms with Crippen LogP contribution in [0.2, 0.25) is 0 Å². The van der Waals surface area contributed by atoms with Crippen molar-refractivity contribution in [3.05, 3.63) is 95.8 Å². The number of nitrogens with one attached hydrogen (secondary N) is 1. The molecule has 1 N–H and O–H groups in total. The first-order valence-electron chi connectivity index (χ1n) is 8.63. The summed E-state index contributed by atoms with van der Waals surface area (Å²) < 4.78 is 18.9. The topological polar surface area (TPSA) is 41.6 Å². The molecule has 3 aromatic rings. The Labute approximate surface area is 158 Å². The highest BCUT2D eigenvalue weighted by Crippen LogP contribution is 2.19. The summed E-state index contributed by atoms with van der Waals surface area (Å²) in [6, 6.07) is 23.0. The van der Waals surface area contributed by atoms with Crippen molar-refractivity contribution in [3.63, 3.8) is 0 Å². The predicted octanol–water partition coefficient (Wildman–Crippen LogP) is 5.07. The number of benzene rings is 3. The van der Waals surface area contributed by atoms with Crippen LogP contribution in [-0.2, 0) is 13.2 Å². The van der Waals surface area contributed by atoms with E-state index in [4.69, 9.17) is 4.74 Å². The van der Waals surface area contributed by atoms with Gasteiger partial charge in [-0.25, -0.2) is 9.18 Å². The van der Waals surface area contributed by atoms with Gasteiger partial charge in [-0.3, -0.25) is 0 Å². The highest BCUT2D eigenvalue weighted by Gasteiger charge is 2.10. The van der Waals surface area contributed by atoms with Crippen molar-refractivity contribution < 1.29 is 13.9 Å². The van der Waals surface area contributed by atoms with Crippen LogP contribution < -0.4 is 10.1 Å². The largest absolute Gasteiger partial charge is 0.489 e. The molecule has 0 aliphatic heterocycles. The van der Waals surface area contributed by atoms with Crippen LogP contribution in [-0.4, -0.2) is 18.0 Å². The van der Waals surface area contributed by atoms with Crippen molar-refractivity contribution >= 4 is 11.7 Å². The van der Waals surface area contributed by atoms with Crippen molar-refractivity contribution in [2.75, 3.05) is 12.4 Å². The zero-order chi connectivity index (χ0) is 19.1. The molecule has 4 nitrogen and oxygen atoms in total. The summed E-state index contributed by atoms with van der Waals surface area (Å²) in [5.74, 6) is 0.307. The van der Waals surface area contributed by atoms with Crippen molar-refractivity contribution in [3.8, 4) is 5.75 Å². The second-order valence-electron chi connectivity index (χ2n) is 6.22. The van der Waals surface area contributed by atoms with E-state index < -0.39 is 0 Å². The van der Waals surface area contributed by atoms with Crippen LogP contribution in [0.5, 0.6) is 5.75 Å². The maximum Gasteiger partial charge on any atom is 0.321 e. The maximum atomic E-state index is 13.2. The highest BCUT2D eigenvalue weighted by molar-refractivity contribution is 5.89. The monoisotopic (exact) mass is 364 g/mol. The van der Waals surface area contributed by atoms with E-state index in [0.717, 1.165) is 11.1 Å². The van der Waals surface area contributed by atoms with Gasteiger partial charge in [0.2, 0.25) is 0 Å². The van der Waals surface area contributed by atoms with Crippen LogP contribution in [0.15, 0.2) is 78.9 Å². The van der Waals surface area contributed by atoms with E-state index in [1.54, 1.807) is 48.3 Å². The second kappa shape index (κ2) is 8.85. The van der Waals surface area contributed by atoms with E-state index in [9.17, 15) is 9.18 Å². The fourth-order valence-electron chi connectivity index (χ4n) is 2.61. The molecule has 0 fully saturated rings. The van der Waals surface area contributed by atoms with Gasteiger partial charge in [0, 0.05) is 25.3 Å². The van der Waals surface area contributed by atoms with Crippen LogP contribution >= 0.6 is 0 Å². The minimum atomic E-state index is -0.293. The Balaban J connectivity index is 1.57. The van der Waals surface area contributed by atoms with Gasteiger partial charge in [-0.1, -0.05) is 48.5 Å². The summed E-state index contributed by atoms with van der Waals surface area (Å²) in [6.07, 6.45) is 0. The zero-order valence-electron chi connectivity index (χ0n) is 15.1. The first-order chi connectivity index (χ1) is 13.1. The van der Waals surface area contributed by atoms with Crippen LogP contribution in [0.3, 0.4) is 0 Å². The molecule has 0 saturated heterocycles. The lowest BCUT2D eigenvalue weighted by Gasteiger charge is -2.18. The summed E-state index contributed by atoms with van der Waals surface area (Å²) in [6.45, 7) is 0.769. The predicted molar refractivity (Wildman–Crippen MR) is 104 cm³/mol. The molecule has 0 bridgehead atoms. The van der Waals surface area contributed by atoms with E-state index in [1.807, 2.05) is 30.3 Å². The number of nitrogens with zero attached hydrogens (tertiary/aromatic N) is 1. The second-order valence-corrected chi connectivity index (χ2v) is 6.22. The Bertz CT molecular complexity index is 900. The van der Waals surface area contributed by atoms with Crippen LogP contribution in [0.25, 0.3) is 0 Å². The van der Waals surface area contributed by atoms with E-state index in [-0.39, 0.29) is 18.5 Å². The van der Waals surface area contributed by atoms with Crippen molar-refractivity contribution in [2.24, 2.45) is 0 Å². The molecule has 0 spiro atoms. The standard InChI is InChI=1S/C22H21FN2O2/c1-25(15-17-7-3-2-4-8-17)22(26)24-20-11-6-12-21(14-20)27-16-18-9-5-10-19(23)13-18/h2-14H,15-16H2,1H3,(H,24,26). The van der Waals surface area contributed by atoms with Gasteiger partial charge in [-0.2, -0.15) is 0 Å². The highest BCUT2D eigenvalue weighted by atomic mass is 19.1. The molecule has 138 valence electrons. The summed E-state index contributed by atoms with van der Waals surface area (Å²) in [7, 11) is 1.74. The van der Waals surface area contributed by atoms with Gasteiger partial charge in [0.15, 0.2) is 0 Å². The zero-order valence-corrected chi connectivity index (χ0v) is 15.1. The van der Waals surface area contributed by atoms with Crippen molar-refractivity contribution in [1.29, 1.82) is 0 Å². The Kier molecular flexibility index (Phi) is 6.05. The molecular weight excluding hydrogens is 343 g/mol. The first kappa shape index (κ1) is 18.5. The number of hydrogen-bond acceptors (Lipinski definition) is 2. The molecule has 5 heteroatoms. The molecule has 3 rings (SSSR count). The number of halogens is 1. The molecule has 0 heterocycles. The lowest BCUT2D eigenvalue weighted by atomic mass is 10.2. The molecule has 2 amide bonds. The van der Waals surface area contributed by atoms with Crippen molar-refractivity contribution in [2.45, 2.75) is 13.2 Å². The smallest absolute Gasteiger partial charge is 0.321 e. The third kappa shape index (κ3) is 5.57. The molecule has 3 aromatic carbocycles. The molecule has 0 unspecified atom stereocenters. The molecule has 0 aliphatic rings. The number of carbonyl (C=O) groups is 1. The molecular formula is C22H21FN2O2. The van der Waals surface area contributed by atoms with Crippen LogP contribution in [0.1, 0.15) is 11.1 Å². The Morgan fingerprint density at radius 3 is 2.48 bits per heavy atom. The molecule has 0 aromatic heterocycles. The normalized spacial score (nSPS) is 10.3. The molecule has 0 saturated carbocycles. The van der Waals surface area contributed by atoms with Gasteiger partial charge < -0.3 is 15.0 Å². The van der Waals surface area contributed by atoms with Gasteiger partial charge >= 0.3 is 6.03 Å². The Morgan fingerprint density at radius 2 is 1.70 bits per heavy atom. The lowest BCUT2D eigenvalue weighted by molar-refractivity contribution is 0.220. The number of amides is 2. The average molecular weight is 364 g/mol. The minimum absolute atomic E-state index is 0.207. The van der Waals surface area contributed by atoms with Gasteiger partial charge in [-0.05, 0) is 35.4 Å². The van der Waals surface area contributed by atoms with Crippen molar-refractivity contribution in [1.82, 2.24) is 4.90 Å². The van der Waals surface area contributed by atoms with E-state index in [1.165, 1.54) is 12.1 Å². The van der Waals surface area contributed by atoms with Gasteiger partial charge in [0.1, 0.15) is 18.2 Å². The summed E-state index contributed by atoms with van der Waals surface area (Å²) in [4.78, 5) is 14.0. The number of ether oxygens (including phenoxy) is 1. The van der Waals surface area contributed by atoms with Gasteiger partial charge in [0.25, 0.3) is 0 Å². The summed E-state index contributed by atoms with van der Waals surface area (Å²) >= 11 is 0. The third-order valence-corrected chi connectivity index (χ3v) is 3.99. The number of urea groups is 1. The van der Waals surface area contributed by atoms with E-state index >= 15 is 0 Å².